The number of sulfonamides is 1. The van der Waals surface area contributed by atoms with Crippen molar-refractivity contribution in [3.8, 4) is 6.07 Å². The highest BCUT2D eigenvalue weighted by Gasteiger charge is 2.19. The van der Waals surface area contributed by atoms with Gasteiger partial charge in [0.05, 0.1) is 11.8 Å². The summed E-state index contributed by atoms with van der Waals surface area (Å²) in [6.07, 6.45) is 0.309. The first-order valence-electron chi connectivity index (χ1n) is 6.48. The summed E-state index contributed by atoms with van der Waals surface area (Å²) in [5.74, 6) is -1.46. The minimum absolute atomic E-state index is 0.00762. The second-order valence-corrected chi connectivity index (χ2v) is 7.06. The highest BCUT2D eigenvalue weighted by Crippen LogP contribution is 2.08. The summed E-state index contributed by atoms with van der Waals surface area (Å²) in [5.41, 5.74) is 0.889. The fraction of sp³-hybridized carbons (Fsp3) is 0.429. The van der Waals surface area contributed by atoms with Crippen LogP contribution in [0.2, 0.25) is 0 Å². The number of nitrogens with one attached hydrogen (secondary N) is 1. The van der Waals surface area contributed by atoms with Crippen LogP contribution in [-0.4, -0.2) is 45.0 Å². The molecule has 1 aromatic rings. The third-order valence-electron chi connectivity index (χ3n) is 2.97. The van der Waals surface area contributed by atoms with Gasteiger partial charge in [-0.15, -0.1) is 0 Å². The van der Waals surface area contributed by atoms with E-state index in [-0.39, 0.29) is 12.3 Å². The number of hydrogen-bond acceptors (Lipinski definition) is 4. The molecule has 1 amide bonds. The van der Waals surface area contributed by atoms with E-state index in [4.69, 9.17) is 5.26 Å². The summed E-state index contributed by atoms with van der Waals surface area (Å²) in [6.45, 7) is -0.00762. The Kier molecular flexibility index (Phi) is 6.34. The van der Waals surface area contributed by atoms with Crippen molar-refractivity contribution in [3.63, 3.8) is 0 Å². The van der Waals surface area contributed by atoms with Crippen molar-refractivity contribution in [1.29, 1.82) is 5.26 Å². The predicted octanol–water partition coefficient (Wildman–Crippen LogP) is 0.376. The number of carbonyl (C=O) groups excluding carboxylic acids is 1. The maximum absolute atomic E-state index is 11.9. The molecule has 0 spiro atoms. The molecule has 1 rings (SSSR count). The average molecular weight is 309 g/mol. The molecule has 0 aromatic heterocycles. The largest absolute Gasteiger partial charge is 0.354 e. The highest BCUT2D eigenvalue weighted by molar-refractivity contribution is 7.89. The molecule has 21 heavy (non-hydrogen) atoms. The molecule has 1 atom stereocenters. The standard InChI is InChI=1S/C14H19N3O3S/c1-17(2)21(19,20)9-8-16-14(18)13(11-15)10-12-6-4-3-5-7-12/h3-7,13H,8-10H2,1-2H3,(H,16,18). The summed E-state index contributed by atoms with van der Waals surface area (Å²) in [7, 11) is -0.479. The van der Waals surface area contributed by atoms with E-state index < -0.39 is 21.8 Å². The summed E-state index contributed by atoms with van der Waals surface area (Å²) in [4.78, 5) is 11.9. The lowest BCUT2D eigenvalue weighted by Gasteiger charge is -2.13. The molecular formula is C14H19N3O3S. The minimum Gasteiger partial charge on any atom is -0.354 e. The second kappa shape index (κ2) is 7.76. The molecule has 0 saturated carbocycles. The molecule has 0 aliphatic carbocycles. The monoisotopic (exact) mass is 309 g/mol. The Morgan fingerprint density at radius 2 is 1.95 bits per heavy atom. The topological polar surface area (TPSA) is 90.3 Å². The van der Waals surface area contributed by atoms with Gasteiger partial charge in [-0.3, -0.25) is 4.79 Å². The minimum atomic E-state index is -3.35. The molecule has 114 valence electrons. The predicted molar refractivity (Wildman–Crippen MR) is 79.7 cm³/mol. The van der Waals surface area contributed by atoms with Crippen molar-refractivity contribution in [2.24, 2.45) is 5.92 Å². The fourth-order valence-corrected chi connectivity index (χ4v) is 2.38. The number of benzene rings is 1. The summed E-state index contributed by atoms with van der Waals surface area (Å²) < 4.78 is 24.2. The zero-order valence-electron chi connectivity index (χ0n) is 12.1. The van der Waals surface area contributed by atoms with Crippen molar-refractivity contribution in [2.75, 3.05) is 26.4 Å². The van der Waals surface area contributed by atoms with Gasteiger partial charge in [0.2, 0.25) is 15.9 Å². The average Bonchev–Trinajstić information content (AvgIpc) is 2.45. The van der Waals surface area contributed by atoms with Crippen LogP contribution in [0.1, 0.15) is 5.56 Å². The maximum Gasteiger partial charge on any atom is 0.237 e. The van der Waals surface area contributed by atoms with Gasteiger partial charge < -0.3 is 5.32 Å². The summed E-state index contributed by atoms with van der Waals surface area (Å²) >= 11 is 0. The number of carbonyl (C=O) groups is 1. The number of nitriles is 1. The normalized spacial score (nSPS) is 12.7. The molecule has 0 aliphatic rings. The summed E-state index contributed by atoms with van der Waals surface area (Å²) in [5, 5.41) is 11.6. The van der Waals surface area contributed by atoms with E-state index in [1.807, 2.05) is 36.4 Å². The quantitative estimate of drug-likeness (QED) is 0.788. The lowest BCUT2D eigenvalue weighted by atomic mass is 10.00. The molecule has 1 N–H and O–H groups in total. The number of rotatable bonds is 7. The lowest BCUT2D eigenvalue weighted by molar-refractivity contribution is -0.123. The molecule has 0 bridgehead atoms. The van der Waals surface area contributed by atoms with Gasteiger partial charge in [0.25, 0.3) is 0 Å². The van der Waals surface area contributed by atoms with E-state index in [0.29, 0.717) is 6.42 Å². The Hall–Kier alpha value is -1.91. The number of amides is 1. The Bertz CT molecular complexity index is 606. The Morgan fingerprint density at radius 3 is 2.48 bits per heavy atom. The first-order chi connectivity index (χ1) is 9.86. The molecule has 0 aliphatic heterocycles. The molecular weight excluding hydrogens is 290 g/mol. The van der Waals surface area contributed by atoms with Crippen LogP contribution in [0.25, 0.3) is 0 Å². The first kappa shape index (κ1) is 17.1. The zero-order valence-corrected chi connectivity index (χ0v) is 12.9. The molecule has 7 heteroatoms. The van der Waals surface area contributed by atoms with Crippen molar-refractivity contribution < 1.29 is 13.2 Å². The Morgan fingerprint density at radius 1 is 1.33 bits per heavy atom. The highest BCUT2D eigenvalue weighted by atomic mass is 32.2. The van der Waals surface area contributed by atoms with Gasteiger partial charge >= 0.3 is 0 Å². The molecule has 0 heterocycles. The van der Waals surface area contributed by atoms with Crippen LogP contribution < -0.4 is 5.32 Å². The van der Waals surface area contributed by atoms with Gasteiger partial charge in [0.15, 0.2) is 0 Å². The van der Waals surface area contributed by atoms with Gasteiger partial charge in [-0.1, -0.05) is 30.3 Å². The SMILES string of the molecule is CN(C)S(=O)(=O)CCNC(=O)C(C#N)Cc1ccccc1. The van der Waals surface area contributed by atoms with E-state index in [9.17, 15) is 13.2 Å². The van der Waals surface area contributed by atoms with Crippen molar-refractivity contribution in [2.45, 2.75) is 6.42 Å². The summed E-state index contributed by atoms with van der Waals surface area (Å²) in [6, 6.07) is 11.2. The van der Waals surface area contributed by atoms with Crippen LogP contribution in [0.3, 0.4) is 0 Å². The van der Waals surface area contributed by atoms with Crippen LogP contribution in [0.4, 0.5) is 0 Å². The second-order valence-electron chi connectivity index (χ2n) is 4.76. The van der Waals surface area contributed by atoms with Gasteiger partial charge in [0, 0.05) is 20.6 Å². The molecule has 0 fully saturated rings. The number of hydrogen-bond donors (Lipinski definition) is 1. The molecule has 1 unspecified atom stereocenters. The molecule has 0 radical (unpaired) electrons. The Balaban J connectivity index is 2.52. The number of nitrogens with zero attached hydrogens (tertiary/aromatic N) is 2. The van der Waals surface area contributed by atoms with E-state index >= 15 is 0 Å². The Labute approximate surface area is 125 Å². The third-order valence-corrected chi connectivity index (χ3v) is 4.80. The van der Waals surface area contributed by atoms with Crippen molar-refractivity contribution in [3.05, 3.63) is 35.9 Å². The van der Waals surface area contributed by atoms with Crippen LogP contribution in [0.15, 0.2) is 30.3 Å². The van der Waals surface area contributed by atoms with Crippen LogP contribution in [0, 0.1) is 17.2 Å². The molecule has 6 nitrogen and oxygen atoms in total. The zero-order chi connectivity index (χ0) is 15.9. The van der Waals surface area contributed by atoms with Crippen molar-refractivity contribution in [1.82, 2.24) is 9.62 Å². The molecule has 0 saturated heterocycles. The van der Waals surface area contributed by atoms with E-state index in [1.54, 1.807) is 0 Å². The third kappa shape index (κ3) is 5.53. The smallest absolute Gasteiger partial charge is 0.237 e. The van der Waals surface area contributed by atoms with Gasteiger partial charge in [-0.25, -0.2) is 12.7 Å². The molecule has 1 aromatic carbocycles. The van der Waals surface area contributed by atoms with Crippen LogP contribution in [-0.2, 0) is 21.2 Å². The van der Waals surface area contributed by atoms with Gasteiger partial charge in [0.1, 0.15) is 5.92 Å². The van der Waals surface area contributed by atoms with Gasteiger partial charge in [-0.2, -0.15) is 5.26 Å². The van der Waals surface area contributed by atoms with E-state index in [2.05, 4.69) is 5.32 Å². The lowest BCUT2D eigenvalue weighted by Crippen LogP contribution is -2.37. The fourth-order valence-electron chi connectivity index (χ4n) is 1.66. The first-order valence-corrected chi connectivity index (χ1v) is 8.09. The van der Waals surface area contributed by atoms with Crippen LogP contribution >= 0.6 is 0 Å². The van der Waals surface area contributed by atoms with Crippen molar-refractivity contribution >= 4 is 15.9 Å². The van der Waals surface area contributed by atoms with Crippen LogP contribution in [0.5, 0.6) is 0 Å². The van der Waals surface area contributed by atoms with E-state index in [0.717, 1.165) is 9.87 Å². The maximum atomic E-state index is 11.9. The van der Waals surface area contributed by atoms with E-state index in [1.165, 1.54) is 14.1 Å². The van der Waals surface area contributed by atoms with Gasteiger partial charge in [-0.05, 0) is 12.0 Å².